The Morgan fingerprint density at radius 3 is 2.32 bits per heavy atom. The number of hydrogen-bond acceptors (Lipinski definition) is 6. The molecule has 3 aromatic carbocycles. The summed E-state index contributed by atoms with van der Waals surface area (Å²) in [4.78, 5) is 27.7. The van der Waals surface area contributed by atoms with E-state index in [1.165, 1.54) is 30.2 Å². The van der Waals surface area contributed by atoms with Gasteiger partial charge in [-0.2, -0.15) is 0 Å². The van der Waals surface area contributed by atoms with Crippen LogP contribution in [0.15, 0.2) is 72.3 Å². The Hall–Kier alpha value is -3.97. The van der Waals surface area contributed by atoms with Crippen molar-refractivity contribution in [1.29, 1.82) is 0 Å². The van der Waals surface area contributed by atoms with Gasteiger partial charge in [0, 0.05) is 11.3 Å². The molecule has 1 amide bonds. The van der Waals surface area contributed by atoms with Gasteiger partial charge in [0.15, 0.2) is 0 Å². The molecular weight excluding hydrogens is 458 g/mol. The van der Waals surface area contributed by atoms with Gasteiger partial charge < -0.3 is 19.7 Å². The lowest BCUT2D eigenvalue weighted by molar-refractivity contribution is -0.132. The van der Waals surface area contributed by atoms with E-state index < -0.39 is 17.7 Å². The third-order valence-corrected chi connectivity index (χ3v) is 5.82. The van der Waals surface area contributed by atoms with Crippen LogP contribution in [-0.2, 0) is 9.59 Å². The molecule has 3 aromatic rings. The number of rotatable bonds is 6. The largest absolute Gasteiger partial charge is 0.508 e. The highest BCUT2D eigenvalue weighted by molar-refractivity contribution is 6.51. The van der Waals surface area contributed by atoms with Crippen molar-refractivity contribution < 1.29 is 29.3 Å². The van der Waals surface area contributed by atoms with Crippen molar-refractivity contribution >= 4 is 34.7 Å². The molecule has 174 valence electrons. The molecule has 1 aliphatic rings. The van der Waals surface area contributed by atoms with Crippen LogP contribution in [0.4, 0.5) is 5.69 Å². The lowest BCUT2D eigenvalue weighted by Crippen LogP contribution is -2.29. The minimum atomic E-state index is -0.930. The number of phenolic OH excluding ortho intramolecular Hbond substituents is 1. The number of ketones is 1. The maximum atomic E-state index is 13.2. The van der Waals surface area contributed by atoms with E-state index in [2.05, 4.69) is 0 Å². The second-order valence-corrected chi connectivity index (χ2v) is 7.94. The van der Waals surface area contributed by atoms with E-state index >= 15 is 0 Å². The number of carbonyl (C=O) groups is 2. The van der Waals surface area contributed by atoms with Crippen molar-refractivity contribution in [2.75, 3.05) is 18.6 Å². The standard InChI is InChI=1S/C26H22ClNO6/c1-3-34-21-14-16(6-13-20(21)27)24(30)22-23(15-4-9-18(29)10-5-15)28(26(32)25(22)31)17-7-11-19(33-2)12-8-17/h4-14,23,29-30H,3H2,1-2H3/b24-22-. The molecule has 0 aromatic heterocycles. The molecule has 7 nitrogen and oxygen atoms in total. The number of phenols is 1. The van der Waals surface area contributed by atoms with Gasteiger partial charge >= 0.3 is 0 Å². The third-order valence-electron chi connectivity index (χ3n) is 5.51. The molecule has 0 saturated carbocycles. The fourth-order valence-electron chi connectivity index (χ4n) is 3.89. The first-order chi connectivity index (χ1) is 16.3. The SMILES string of the molecule is CCOc1cc(/C(O)=C2/C(=O)C(=O)N(c3ccc(OC)cc3)C2c2ccc(O)cc2)ccc1Cl. The van der Waals surface area contributed by atoms with E-state index in [1.807, 2.05) is 0 Å². The number of anilines is 1. The van der Waals surface area contributed by atoms with Crippen LogP contribution >= 0.6 is 11.6 Å². The molecule has 0 bridgehead atoms. The molecule has 4 rings (SSSR count). The van der Waals surface area contributed by atoms with Crippen molar-refractivity contribution in [3.05, 3.63) is 88.5 Å². The average molecular weight is 480 g/mol. The molecule has 0 radical (unpaired) electrons. The number of benzene rings is 3. The summed E-state index contributed by atoms with van der Waals surface area (Å²) in [6.07, 6.45) is 0. The van der Waals surface area contributed by atoms with Gasteiger partial charge in [-0.15, -0.1) is 0 Å². The minimum absolute atomic E-state index is 0.0317. The number of aromatic hydroxyl groups is 1. The quantitative estimate of drug-likeness (QED) is 0.291. The van der Waals surface area contributed by atoms with E-state index in [0.29, 0.717) is 34.4 Å². The fraction of sp³-hybridized carbons (Fsp3) is 0.154. The summed E-state index contributed by atoms with van der Waals surface area (Å²) in [5.41, 5.74) is 1.18. The topological polar surface area (TPSA) is 96.3 Å². The van der Waals surface area contributed by atoms with Crippen LogP contribution in [0.25, 0.3) is 5.76 Å². The van der Waals surface area contributed by atoms with E-state index in [1.54, 1.807) is 55.5 Å². The molecule has 1 atom stereocenters. The van der Waals surface area contributed by atoms with Gasteiger partial charge in [-0.1, -0.05) is 23.7 Å². The third kappa shape index (κ3) is 4.18. The summed E-state index contributed by atoms with van der Waals surface area (Å²) >= 11 is 6.17. The Bertz CT molecular complexity index is 1270. The molecule has 1 saturated heterocycles. The van der Waals surface area contributed by atoms with Crippen molar-refractivity contribution in [2.24, 2.45) is 0 Å². The van der Waals surface area contributed by atoms with Gasteiger partial charge in [0.1, 0.15) is 23.0 Å². The van der Waals surface area contributed by atoms with Gasteiger partial charge in [-0.05, 0) is 67.1 Å². The van der Waals surface area contributed by atoms with Crippen molar-refractivity contribution in [3.8, 4) is 17.2 Å². The number of methoxy groups -OCH3 is 1. The van der Waals surface area contributed by atoms with E-state index in [0.717, 1.165) is 0 Å². The molecule has 34 heavy (non-hydrogen) atoms. The van der Waals surface area contributed by atoms with Crippen LogP contribution in [-0.4, -0.2) is 35.6 Å². The first-order valence-corrected chi connectivity index (χ1v) is 10.9. The Morgan fingerprint density at radius 2 is 1.71 bits per heavy atom. The van der Waals surface area contributed by atoms with Gasteiger partial charge in [0.25, 0.3) is 11.7 Å². The number of amides is 1. The number of hydrogen-bond donors (Lipinski definition) is 2. The maximum Gasteiger partial charge on any atom is 0.300 e. The molecule has 1 heterocycles. The highest BCUT2D eigenvalue weighted by Gasteiger charge is 2.47. The molecular formula is C26H22ClNO6. The van der Waals surface area contributed by atoms with Crippen LogP contribution in [0.2, 0.25) is 5.02 Å². The number of nitrogens with zero attached hydrogens (tertiary/aromatic N) is 1. The number of halogens is 1. The molecule has 1 fully saturated rings. The summed E-state index contributed by atoms with van der Waals surface area (Å²) in [6.45, 7) is 2.16. The monoisotopic (exact) mass is 479 g/mol. The first kappa shape index (κ1) is 23.2. The number of aliphatic hydroxyl groups is 1. The average Bonchev–Trinajstić information content (AvgIpc) is 3.11. The normalized spacial score (nSPS) is 17.1. The molecule has 0 aliphatic carbocycles. The summed E-state index contributed by atoms with van der Waals surface area (Å²) in [5.74, 6) is -1.01. The summed E-state index contributed by atoms with van der Waals surface area (Å²) in [6, 6.07) is 16.5. The second kappa shape index (κ2) is 9.49. The highest BCUT2D eigenvalue weighted by Crippen LogP contribution is 2.43. The molecule has 8 heteroatoms. The Morgan fingerprint density at radius 1 is 1.03 bits per heavy atom. The van der Waals surface area contributed by atoms with Crippen LogP contribution in [0.3, 0.4) is 0 Å². The lowest BCUT2D eigenvalue weighted by Gasteiger charge is -2.25. The predicted molar refractivity (Wildman–Crippen MR) is 129 cm³/mol. The van der Waals surface area contributed by atoms with Gasteiger partial charge in [0.2, 0.25) is 0 Å². The van der Waals surface area contributed by atoms with Gasteiger partial charge in [0.05, 0.1) is 30.4 Å². The van der Waals surface area contributed by atoms with E-state index in [9.17, 15) is 19.8 Å². The fourth-order valence-corrected chi connectivity index (χ4v) is 4.06. The second-order valence-electron chi connectivity index (χ2n) is 7.54. The number of aliphatic hydroxyl groups excluding tert-OH is 1. The van der Waals surface area contributed by atoms with Crippen LogP contribution in [0, 0.1) is 0 Å². The summed E-state index contributed by atoms with van der Waals surface area (Å²) < 4.78 is 10.7. The van der Waals surface area contributed by atoms with Crippen molar-refractivity contribution in [1.82, 2.24) is 0 Å². The Balaban J connectivity index is 1.91. The Kier molecular flexibility index (Phi) is 6.47. The van der Waals surface area contributed by atoms with E-state index in [-0.39, 0.29) is 22.6 Å². The Labute approximate surface area is 201 Å². The zero-order valence-corrected chi connectivity index (χ0v) is 19.2. The number of ether oxygens (including phenoxy) is 2. The zero-order chi connectivity index (χ0) is 24.4. The molecule has 2 N–H and O–H groups in total. The van der Waals surface area contributed by atoms with Gasteiger partial charge in [-0.25, -0.2) is 0 Å². The van der Waals surface area contributed by atoms with Crippen molar-refractivity contribution in [3.63, 3.8) is 0 Å². The number of carbonyl (C=O) groups excluding carboxylic acids is 2. The van der Waals surface area contributed by atoms with E-state index in [4.69, 9.17) is 21.1 Å². The lowest BCUT2D eigenvalue weighted by atomic mass is 9.95. The summed E-state index contributed by atoms with van der Waals surface area (Å²) in [5, 5.41) is 21.3. The highest BCUT2D eigenvalue weighted by atomic mass is 35.5. The maximum absolute atomic E-state index is 13.2. The van der Waals surface area contributed by atoms with Gasteiger partial charge in [-0.3, -0.25) is 14.5 Å². The minimum Gasteiger partial charge on any atom is -0.508 e. The van der Waals surface area contributed by atoms with Crippen LogP contribution < -0.4 is 14.4 Å². The molecule has 0 spiro atoms. The first-order valence-electron chi connectivity index (χ1n) is 10.5. The predicted octanol–water partition coefficient (Wildman–Crippen LogP) is 5.08. The smallest absolute Gasteiger partial charge is 0.300 e. The van der Waals surface area contributed by atoms with Crippen LogP contribution in [0.5, 0.6) is 17.2 Å². The molecule has 1 aliphatic heterocycles. The molecule has 1 unspecified atom stereocenters. The van der Waals surface area contributed by atoms with Crippen molar-refractivity contribution in [2.45, 2.75) is 13.0 Å². The zero-order valence-electron chi connectivity index (χ0n) is 18.5. The summed E-state index contributed by atoms with van der Waals surface area (Å²) in [7, 11) is 1.53. The number of Topliss-reactive ketones (excluding diaryl/α,β-unsaturated/α-hetero) is 1. The van der Waals surface area contributed by atoms with Crippen LogP contribution in [0.1, 0.15) is 24.1 Å².